The standard InChI is InChI=1S/C16H24O/c1-12(13(2)11-15(4)17)10-14(3)16-8-6-5-7-9-16/h5-9,12-14H,10-11H2,1-4H3. The van der Waals surface area contributed by atoms with E-state index in [9.17, 15) is 4.79 Å². The minimum atomic E-state index is 0.303. The SMILES string of the molecule is CC(=O)CC(C)C(C)CC(C)c1ccccc1. The molecular weight excluding hydrogens is 208 g/mol. The molecule has 0 radical (unpaired) electrons. The topological polar surface area (TPSA) is 17.1 Å². The van der Waals surface area contributed by atoms with Crippen molar-refractivity contribution in [1.82, 2.24) is 0 Å². The molecule has 0 aromatic heterocycles. The van der Waals surface area contributed by atoms with Gasteiger partial charge in [0.05, 0.1) is 0 Å². The van der Waals surface area contributed by atoms with Crippen molar-refractivity contribution in [2.24, 2.45) is 11.8 Å². The average Bonchev–Trinajstić information content (AvgIpc) is 2.29. The molecule has 1 nitrogen and oxygen atoms in total. The molecule has 0 bridgehead atoms. The van der Waals surface area contributed by atoms with Crippen molar-refractivity contribution in [1.29, 1.82) is 0 Å². The Balaban J connectivity index is 2.51. The molecule has 0 spiro atoms. The van der Waals surface area contributed by atoms with Crippen LogP contribution in [0.5, 0.6) is 0 Å². The predicted molar refractivity (Wildman–Crippen MR) is 73.1 cm³/mol. The largest absolute Gasteiger partial charge is 0.300 e. The van der Waals surface area contributed by atoms with Crippen LogP contribution < -0.4 is 0 Å². The summed E-state index contributed by atoms with van der Waals surface area (Å²) in [5, 5.41) is 0. The zero-order chi connectivity index (χ0) is 12.8. The molecule has 3 unspecified atom stereocenters. The van der Waals surface area contributed by atoms with E-state index in [2.05, 4.69) is 51.1 Å². The van der Waals surface area contributed by atoms with Gasteiger partial charge in [0.15, 0.2) is 0 Å². The molecule has 94 valence electrons. The number of carbonyl (C=O) groups excluding carboxylic acids is 1. The molecule has 1 heteroatoms. The second-order valence-electron chi connectivity index (χ2n) is 5.41. The lowest BCUT2D eigenvalue weighted by Crippen LogP contribution is -2.14. The number of Topliss-reactive ketones (excluding diaryl/α,β-unsaturated/α-hetero) is 1. The lowest BCUT2D eigenvalue weighted by atomic mass is 9.82. The van der Waals surface area contributed by atoms with Crippen molar-refractivity contribution in [2.75, 3.05) is 0 Å². The maximum atomic E-state index is 11.1. The first-order chi connectivity index (χ1) is 8.00. The van der Waals surface area contributed by atoms with Crippen LogP contribution in [-0.4, -0.2) is 5.78 Å². The highest BCUT2D eigenvalue weighted by molar-refractivity contribution is 5.75. The number of rotatable bonds is 6. The Bertz CT molecular complexity index is 342. The molecule has 0 heterocycles. The van der Waals surface area contributed by atoms with E-state index in [-0.39, 0.29) is 0 Å². The summed E-state index contributed by atoms with van der Waals surface area (Å²) in [6.45, 7) is 8.40. The molecule has 3 atom stereocenters. The van der Waals surface area contributed by atoms with E-state index in [0.29, 0.717) is 30.0 Å². The number of benzene rings is 1. The van der Waals surface area contributed by atoms with Gasteiger partial charge in [-0.2, -0.15) is 0 Å². The van der Waals surface area contributed by atoms with Gasteiger partial charge in [0.25, 0.3) is 0 Å². The van der Waals surface area contributed by atoms with Gasteiger partial charge in [-0.25, -0.2) is 0 Å². The van der Waals surface area contributed by atoms with Crippen molar-refractivity contribution in [3.05, 3.63) is 35.9 Å². The Morgan fingerprint density at radius 3 is 2.18 bits per heavy atom. The minimum absolute atomic E-state index is 0.303. The summed E-state index contributed by atoms with van der Waals surface area (Å²) in [7, 11) is 0. The monoisotopic (exact) mass is 232 g/mol. The van der Waals surface area contributed by atoms with Crippen LogP contribution in [0.15, 0.2) is 30.3 Å². The van der Waals surface area contributed by atoms with Crippen molar-refractivity contribution in [3.63, 3.8) is 0 Å². The van der Waals surface area contributed by atoms with Crippen LogP contribution in [0.25, 0.3) is 0 Å². The first-order valence-corrected chi connectivity index (χ1v) is 6.55. The maximum Gasteiger partial charge on any atom is 0.130 e. The van der Waals surface area contributed by atoms with E-state index >= 15 is 0 Å². The molecule has 17 heavy (non-hydrogen) atoms. The number of hydrogen-bond donors (Lipinski definition) is 0. The third-order valence-corrected chi connectivity index (χ3v) is 3.67. The molecular formula is C16H24O. The van der Waals surface area contributed by atoms with E-state index in [1.54, 1.807) is 6.92 Å². The van der Waals surface area contributed by atoms with Gasteiger partial charge in [0.1, 0.15) is 5.78 Å². The molecule has 0 saturated carbocycles. The van der Waals surface area contributed by atoms with Gasteiger partial charge in [-0.3, -0.25) is 0 Å². The maximum absolute atomic E-state index is 11.1. The molecule has 1 rings (SSSR count). The van der Waals surface area contributed by atoms with Gasteiger partial charge >= 0.3 is 0 Å². The van der Waals surface area contributed by atoms with Crippen LogP contribution in [0.1, 0.15) is 52.0 Å². The lowest BCUT2D eigenvalue weighted by molar-refractivity contribution is -0.118. The fraction of sp³-hybridized carbons (Fsp3) is 0.562. The van der Waals surface area contributed by atoms with E-state index in [0.717, 1.165) is 6.42 Å². The van der Waals surface area contributed by atoms with E-state index in [4.69, 9.17) is 0 Å². The van der Waals surface area contributed by atoms with Gasteiger partial charge in [0, 0.05) is 6.42 Å². The summed E-state index contributed by atoms with van der Waals surface area (Å²) >= 11 is 0. The fourth-order valence-corrected chi connectivity index (χ4v) is 2.36. The molecule has 0 amide bonds. The molecule has 0 aliphatic heterocycles. The summed E-state index contributed by atoms with van der Waals surface area (Å²) < 4.78 is 0. The smallest absolute Gasteiger partial charge is 0.130 e. The highest BCUT2D eigenvalue weighted by atomic mass is 16.1. The highest BCUT2D eigenvalue weighted by Gasteiger charge is 2.17. The lowest BCUT2D eigenvalue weighted by Gasteiger charge is -2.22. The fourth-order valence-electron chi connectivity index (χ4n) is 2.36. The van der Waals surface area contributed by atoms with Crippen LogP contribution >= 0.6 is 0 Å². The zero-order valence-corrected chi connectivity index (χ0v) is 11.4. The van der Waals surface area contributed by atoms with Gasteiger partial charge in [-0.1, -0.05) is 51.1 Å². The molecule has 1 aromatic carbocycles. The second-order valence-corrected chi connectivity index (χ2v) is 5.41. The first kappa shape index (κ1) is 14.0. The van der Waals surface area contributed by atoms with Crippen LogP contribution in [0.3, 0.4) is 0 Å². The Kier molecular flexibility index (Phi) is 5.40. The van der Waals surface area contributed by atoms with E-state index in [1.165, 1.54) is 5.56 Å². The Labute approximate surface area is 105 Å². The molecule has 0 fully saturated rings. The Hall–Kier alpha value is -1.11. The van der Waals surface area contributed by atoms with E-state index < -0.39 is 0 Å². The highest BCUT2D eigenvalue weighted by Crippen LogP contribution is 2.28. The molecule has 0 N–H and O–H groups in total. The van der Waals surface area contributed by atoms with Crippen molar-refractivity contribution >= 4 is 5.78 Å². The normalized spacial score (nSPS) is 16.2. The number of hydrogen-bond acceptors (Lipinski definition) is 1. The quantitative estimate of drug-likeness (QED) is 0.709. The molecule has 0 saturated heterocycles. The molecule has 1 aromatic rings. The second kappa shape index (κ2) is 6.58. The zero-order valence-electron chi connectivity index (χ0n) is 11.4. The summed E-state index contributed by atoms with van der Waals surface area (Å²) in [5.74, 6) is 1.95. The third-order valence-electron chi connectivity index (χ3n) is 3.67. The predicted octanol–water partition coefficient (Wildman–Crippen LogP) is 4.43. The van der Waals surface area contributed by atoms with Crippen LogP contribution in [-0.2, 0) is 4.79 Å². The number of ketones is 1. The van der Waals surface area contributed by atoms with Crippen LogP contribution in [0.4, 0.5) is 0 Å². The average molecular weight is 232 g/mol. The number of carbonyl (C=O) groups is 1. The van der Waals surface area contributed by atoms with Crippen molar-refractivity contribution in [3.8, 4) is 0 Å². The third kappa shape index (κ3) is 4.72. The molecule has 0 aliphatic carbocycles. The summed E-state index contributed by atoms with van der Waals surface area (Å²) in [6.07, 6.45) is 1.86. The van der Waals surface area contributed by atoms with Gasteiger partial charge < -0.3 is 4.79 Å². The van der Waals surface area contributed by atoms with Crippen LogP contribution in [0.2, 0.25) is 0 Å². The summed E-state index contributed by atoms with van der Waals surface area (Å²) in [6, 6.07) is 10.6. The van der Waals surface area contributed by atoms with Gasteiger partial charge in [0.2, 0.25) is 0 Å². The summed E-state index contributed by atoms with van der Waals surface area (Å²) in [4.78, 5) is 11.1. The van der Waals surface area contributed by atoms with Crippen LogP contribution in [0, 0.1) is 11.8 Å². The van der Waals surface area contributed by atoms with Gasteiger partial charge in [-0.05, 0) is 36.7 Å². The Morgan fingerprint density at radius 2 is 1.65 bits per heavy atom. The van der Waals surface area contributed by atoms with Gasteiger partial charge in [-0.15, -0.1) is 0 Å². The summed E-state index contributed by atoms with van der Waals surface area (Å²) in [5.41, 5.74) is 1.40. The van der Waals surface area contributed by atoms with E-state index in [1.807, 2.05) is 0 Å². The Morgan fingerprint density at radius 1 is 1.06 bits per heavy atom. The van der Waals surface area contributed by atoms with Crippen molar-refractivity contribution < 1.29 is 4.79 Å². The molecule has 0 aliphatic rings. The minimum Gasteiger partial charge on any atom is -0.300 e. The van der Waals surface area contributed by atoms with Crippen molar-refractivity contribution in [2.45, 2.75) is 46.5 Å². The first-order valence-electron chi connectivity index (χ1n) is 6.55.